The summed E-state index contributed by atoms with van der Waals surface area (Å²) >= 11 is 0. The number of ketones is 1. The number of carbonyl (C=O) groups is 2. The molecule has 2 N–H and O–H groups in total. The summed E-state index contributed by atoms with van der Waals surface area (Å²) < 4.78 is 5.74. The minimum atomic E-state index is -0.307. The van der Waals surface area contributed by atoms with Crippen LogP contribution in [0.15, 0.2) is 23.0 Å². The lowest BCUT2D eigenvalue weighted by molar-refractivity contribution is 0.0889. The van der Waals surface area contributed by atoms with E-state index in [1.54, 1.807) is 25.5 Å². The van der Waals surface area contributed by atoms with Crippen molar-refractivity contribution in [3.05, 3.63) is 41.2 Å². The predicted octanol–water partition coefficient (Wildman–Crippen LogP) is 2.38. The van der Waals surface area contributed by atoms with Crippen LogP contribution < -0.4 is 10.6 Å². The molecule has 3 rings (SSSR count). The number of furan rings is 1. The van der Waals surface area contributed by atoms with Crippen molar-refractivity contribution in [2.24, 2.45) is 5.41 Å². The molecule has 25 heavy (non-hydrogen) atoms. The SMILES string of the molecule is Cc1c(C(=O)NCCNc2cnccn2)oc2c1C(=O)CC(C)(C)C2. The van der Waals surface area contributed by atoms with E-state index in [4.69, 9.17) is 4.42 Å². The average molecular weight is 342 g/mol. The number of fused-ring (bicyclic) bond motifs is 1. The first-order valence-electron chi connectivity index (χ1n) is 8.31. The Hall–Kier alpha value is -2.70. The average Bonchev–Trinajstić information content (AvgIpc) is 2.88. The van der Waals surface area contributed by atoms with Crippen LogP contribution in [0.1, 0.15) is 52.5 Å². The zero-order valence-electron chi connectivity index (χ0n) is 14.7. The third-order valence-electron chi connectivity index (χ3n) is 4.26. The first kappa shape index (κ1) is 17.1. The summed E-state index contributed by atoms with van der Waals surface area (Å²) in [5.74, 6) is 1.25. The number of rotatable bonds is 5. The molecule has 1 aliphatic carbocycles. The van der Waals surface area contributed by atoms with E-state index in [9.17, 15) is 9.59 Å². The quantitative estimate of drug-likeness (QED) is 0.810. The molecule has 2 heterocycles. The van der Waals surface area contributed by atoms with Gasteiger partial charge in [-0.25, -0.2) is 4.98 Å². The van der Waals surface area contributed by atoms with Crippen molar-refractivity contribution in [2.45, 2.75) is 33.6 Å². The molecule has 7 heteroatoms. The van der Waals surface area contributed by atoms with Crippen molar-refractivity contribution in [1.82, 2.24) is 15.3 Å². The Morgan fingerprint density at radius 1 is 1.28 bits per heavy atom. The van der Waals surface area contributed by atoms with Gasteiger partial charge in [-0.3, -0.25) is 14.6 Å². The van der Waals surface area contributed by atoms with Crippen molar-refractivity contribution >= 4 is 17.5 Å². The zero-order chi connectivity index (χ0) is 18.0. The fourth-order valence-electron chi connectivity index (χ4n) is 3.14. The molecular formula is C18H22N4O3. The number of anilines is 1. The van der Waals surface area contributed by atoms with Gasteiger partial charge in [0.2, 0.25) is 0 Å². The van der Waals surface area contributed by atoms with Crippen LogP contribution in [-0.2, 0) is 6.42 Å². The standard InChI is InChI=1S/C18H22N4O3/c1-11-15-12(23)8-18(2,3)9-13(15)25-16(11)17(24)22-7-6-21-14-10-19-4-5-20-14/h4-5,10H,6-9H2,1-3H3,(H,20,21)(H,22,24). The summed E-state index contributed by atoms with van der Waals surface area (Å²) in [4.78, 5) is 32.8. The van der Waals surface area contributed by atoms with Crippen LogP contribution in [-0.4, -0.2) is 34.7 Å². The Morgan fingerprint density at radius 2 is 2.08 bits per heavy atom. The molecular weight excluding hydrogens is 320 g/mol. The van der Waals surface area contributed by atoms with E-state index in [1.807, 2.05) is 13.8 Å². The summed E-state index contributed by atoms with van der Waals surface area (Å²) in [6.45, 7) is 6.74. The second-order valence-corrected chi connectivity index (χ2v) is 7.07. The molecule has 0 radical (unpaired) electrons. The lowest BCUT2D eigenvalue weighted by Gasteiger charge is -2.27. The van der Waals surface area contributed by atoms with Crippen molar-refractivity contribution in [3.63, 3.8) is 0 Å². The van der Waals surface area contributed by atoms with Gasteiger partial charge in [-0.05, 0) is 12.3 Å². The maximum Gasteiger partial charge on any atom is 0.287 e. The second-order valence-electron chi connectivity index (χ2n) is 7.07. The van der Waals surface area contributed by atoms with Gasteiger partial charge in [0, 0.05) is 43.9 Å². The molecule has 0 fully saturated rings. The smallest absolute Gasteiger partial charge is 0.287 e. The Balaban J connectivity index is 1.62. The number of hydrogen-bond donors (Lipinski definition) is 2. The largest absolute Gasteiger partial charge is 0.455 e. The maximum absolute atomic E-state index is 12.4. The molecule has 0 bridgehead atoms. The molecule has 7 nitrogen and oxygen atoms in total. The predicted molar refractivity (Wildman–Crippen MR) is 92.7 cm³/mol. The topological polar surface area (TPSA) is 97.1 Å². The molecule has 0 saturated heterocycles. The minimum absolute atomic E-state index is 0.0517. The summed E-state index contributed by atoms with van der Waals surface area (Å²) in [5.41, 5.74) is 1.08. The van der Waals surface area contributed by atoms with Crippen molar-refractivity contribution in [2.75, 3.05) is 18.4 Å². The van der Waals surface area contributed by atoms with Gasteiger partial charge in [0.05, 0.1) is 11.8 Å². The van der Waals surface area contributed by atoms with E-state index in [-0.39, 0.29) is 22.9 Å². The molecule has 1 aliphatic rings. The van der Waals surface area contributed by atoms with E-state index in [2.05, 4.69) is 20.6 Å². The molecule has 0 aromatic carbocycles. The maximum atomic E-state index is 12.4. The summed E-state index contributed by atoms with van der Waals surface area (Å²) in [7, 11) is 0. The van der Waals surface area contributed by atoms with Crippen molar-refractivity contribution in [3.8, 4) is 0 Å². The molecule has 0 saturated carbocycles. The van der Waals surface area contributed by atoms with E-state index in [0.29, 0.717) is 48.6 Å². The highest BCUT2D eigenvalue weighted by Gasteiger charge is 2.36. The minimum Gasteiger partial charge on any atom is -0.455 e. The van der Waals surface area contributed by atoms with Gasteiger partial charge >= 0.3 is 0 Å². The number of nitrogens with zero attached hydrogens (tertiary/aromatic N) is 2. The highest BCUT2D eigenvalue weighted by molar-refractivity contribution is 6.03. The van der Waals surface area contributed by atoms with Gasteiger partial charge in [0.25, 0.3) is 5.91 Å². The van der Waals surface area contributed by atoms with Crippen LogP contribution in [0.3, 0.4) is 0 Å². The molecule has 2 aromatic rings. The van der Waals surface area contributed by atoms with E-state index >= 15 is 0 Å². The lowest BCUT2D eigenvalue weighted by Crippen LogP contribution is -2.29. The van der Waals surface area contributed by atoms with Gasteiger partial charge in [-0.15, -0.1) is 0 Å². The molecule has 132 valence electrons. The number of hydrogen-bond acceptors (Lipinski definition) is 6. The van der Waals surface area contributed by atoms with E-state index in [1.165, 1.54) is 0 Å². The molecule has 0 unspecified atom stereocenters. The lowest BCUT2D eigenvalue weighted by atomic mass is 9.76. The monoisotopic (exact) mass is 342 g/mol. The molecule has 2 aromatic heterocycles. The van der Waals surface area contributed by atoms with Crippen molar-refractivity contribution < 1.29 is 14.0 Å². The first-order valence-corrected chi connectivity index (χ1v) is 8.31. The van der Waals surface area contributed by atoms with Crippen LogP contribution in [0.4, 0.5) is 5.82 Å². The number of amides is 1. The second kappa shape index (κ2) is 6.66. The Bertz CT molecular complexity index is 796. The third-order valence-corrected chi connectivity index (χ3v) is 4.26. The molecule has 0 spiro atoms. The Kier molecular flexibility index (Phi) is 4.57. The van der Waals surface area contributed by atoms with Gasteiger partial charge in [0.15, 0.2) is 11.5 Å². The zero-order valence-corrected chi connectivity index (χ0v) is 14.7. The van der Waals surface area contributed by atoms with Gasteiger partial charge in [0.1, 0.15) is 11.6 Å². The first-order chi connectivity index (χ1) is 11.9. The van der Waals surface area contributed by atoms with Crippen LogP contribution in [0, 0.1) is 12.3 Å². The van der Waals surface area contributed by atoms with Gasteiger partial charge < -0.3 is 15.1 Å². The highest BCUT2D eigenvalue weighted by Crippen LogP contribution is 2.38. The summed E-state index contributed by atoms with van der Waals surface area (Å²) in [5, 5.41) is 5.86. The van der Waals surface area contributed by atoms with Crippen LogP contribution in [0.5, 0.6) is 0 Å². The van der Waals surface area contributed by atoms with E-state index in [0.717, 1.165) is 0 Å². The summed E-state index contributed by atoms with van der Waals surface area (Å²) in [6.07, 6.45) is 5.94. The fourth-order valence-corrected chi connectivity index (χ4v) is 3.14. The molecule has 0 aliphatic heterocycles. The van der Waals surface area contributed by atoms with Crippen LogP contribution in [0.2, 0.25) is 0 Å². The van der Waals surface area contributed by atoms with Crippen LogP contribution in [0.25, 0.3) is 0 Å². The highest BCUT2D eigenvalue weighted by atomic mass is 16.4. The number of aromatic nitrogens is 2. The fraction of sp³-hybridized carbons (Fsp3) is 0.444. The van der Waals surface area contributed by atoms with Crippen molar-refractivity contribution in [1.29, 1.82) is 0 Å². The van der Waals surface area contributed by atoms with Gasteiger partial charge in [-0.2, -0.15) is 0 Å². The normalized spacial score (nSPS) is 15.6. The molecule has 1 amide bonds. The van der Waals surface area contributed by atoms with Gasteiger partial charge in [-0.1, -0.05) is 13.8 Å². The number of nitrogens with one attached hydrogen (secondary N) is 2. The third kappa shape index (κ3) is 3.70. The Morgan fingerprint density at radius 3 is 2.80 bits per heavy atom. The molecule has 0 atom stereocenters. The van der Waals surface area contributed by atoms with E-state index < -0.39 is 0 Å². The Labute approximate surface area is 146 Å². The van der Waals surface area contributed by atoms with Crippen LogP contribution >= 0.6 is 0 Å². The summed E-state index contributed by atoms with van der Waals surface area (Å²) in [6, 6.07) is 0. The number of carbonyl (C=O) groups excluding carboxylic acids is 2. The number of Topliss-reactive ketones (excluding diaryl/α,β-unsaturated/α-hetero) is 1.